The lowest BCUT2D eigenvalue weighted by Crippen LogP contribution is -2.29. The summed E-state index contributed by atoms with van der Waals surface area (Å²) in [6, 6.07) is -0.747. The molecule has 0 aromatic rings. The molecule has 3 nitrogen and oxygen atoms in total. The van der Waals surface area contributed by atoms with E-state index < -0.39 is 12.0 Å². The summed E-state index contributed by atoms with van der Waals surface area (Å²) in [4.78, 5) is 10.1. The Hall–Kier alpha value is -0.540. The van der Waals surface area contributed by atoms with Crippen molar-refractivity contribution in [3.8, 4) is 0 Å². The van der Waals surface area contributed by atoms with E-state index in [1.165, 1.54) is 0 Å². The SMILES string of the molecule is CCC=CCC(N)C(=O)O.Cl. The molecule has 1 unspecified atom stereocenters. The van der Waals surface area contributed by atoms with Crippen LogP contribution in [-0.2, 0) is 4.79 Å². The lowest BCUT2D eigenvalue weighted by Gasteiger charge is -1.99. The molecule has 0 amide bonds. The van der Waals surface area contributed by atoms with E-state index in [2.05, 4.69) is 0 Å². The molecule has 0 aliphatic heterocycles. The summed E-state index contributed by atoms with van der Waals surface area (Å²) in [6.07, 6.45) is 5.04. The number of carboxylic acids is 1. The van der Waals surface area contributed by atoms with Crippen LogP contribution in [0.25, 0.3) is 0 Å². The van der Waals surface area contributed by atoms with E-state index >= 15 is 0 Å². The Morgan fingerprint density at radius 1 is 1.64 bits per heavy atom. The molecular formula is C7H14ClNO2. The van der Waals surface area contributed by atoms with Crippen molar-refractivity contribution in [1.29, 1.82) is 0 Å². The summed E-state index contributed by atoms with van der Waals surface area (Å²) >= 11 is 0. The maximum Gasteiger partial charge on any atom is 0.320 e. The molecule has 1 atom stereocenters. The van der Waals surface area contributed by atoms with E-state index in [0.717, 1.165) is 6.42 Å². The van der Waals surface area contributed by atoms with Crippen LogP contribution in [0.5, 0.6) is 0 Å². The third-order valence-electron chi connectivity index (χ3n) is 1.11. The number of hydrogen-bond donors (Lipinski definition) is 2. The van der Waals surface area contributed by atoms with E-state index in [0.29, 0.717) is 6.42 Å². The minimum atomic E-state index is -0.944. The molecule has 4 heteroatoms. The maximum atomic E-state index is 10.1. The Labute approximate surface area is 72.7 Å². The number of allylic oxidation sites excluding steroid dienone is 1. The predicted molar refractivity (Wildman–Crippen MR) is 46.9 cm³/mol. The Bertz CT molecular complexity index is 136. The van der Waals surface area contributed by atoms with Crippen molar-refractivity contribution in [2.75, 3.05) is 0 Å². The van der Waals surface area contributed by atoms with Gasteiger partial charge < -0.3 is 10.8 Å². The van der Waals surface area contributed by atoms with Crippen LogP contribution < -0.4 is 5.73 Å². The average Bonchev–Trinajstić information content (AvgIpc) is 1.88. The van der Waals surface area contributed by atoms with E-state index in [1.54, 1.807) is 6.08 Å². The zero-order valence-corrected chi connectivity index (χ0v) is 7.30. The zero-order chi connectivity index (χ0) is 7.98. The molecule has 0 aliphatic carbocycles. The van der Waals surface area contributed by atoms with Gasteiger partial charge in [0.15, 0.2) is 0 Å². The molecule has 0 heterocycles. The highest BCUT2D eigenvalue weighted by molar-refractivity contribution is 5.85. The van der Waals surface area contributed by atoms with E-state index in [9.17, 15) is 4.79 Å². The lowest BCUT2D eigenvalue weighted by atomic mass is 10.2. The molecule has 0 radical (unpaired) electrons. The first-order valence-electron chi connectivity index (χ1n) is 3.31. The number of rotatable bonds is 4. The van der Waals surface area contributed by atoms with Gasteiger partial charge in [-0.2, -0.15) is 0 Å². The van der Waals surface area contributed by atoms with Gasteiger partial charge in [0, 0.05) is 0 Å². The lowest BCUT2D eigenvalue weighted by molar-refractivity contribution is -0.138. The fourth-order valence-corrected chi connectivity index (χ4v) is 0.510. The van der Waals surface area contributed by atoms with Crippen LogP contribution in [0.15, 0.2) is 12.2 Å². The minimum absolute atomic E-state index is 0. The highest BCUT2D eigenvalue weighted by Crippen LogP contribution is 1.91. The number of carboxylic acid groups (broad SMARTS) is 1. The fourth-order valence-electron chi connectivity index (χ4n) is 0.510. The Morgan fingerprint density at radius 3 is 2.55 bits per heavy atom. The summed E-state index contributed by atoms with van der Waals surface area (Å²) < 4.78 is 0. The van der Waals surface area contributed by atoms with Crippen LogP contribution in [0.2, 0.25) is 0 Å². The van der Waals surface area contributed by atoms with Crippen LogP contribution in [-0.4, -0.2) is 17.1 Å². The molecule has 0 fully saturated rings. The van der Waals surface area contributed by atoms with Crippen LogP contribution in [0, 0.1) is 0 Å². The quantitative estimate of drug-likeness (QED) is 0.637. The third kappa shape index (κ3) is 7.36. The molecule has 66 valence electrons. The van der Waals surface area contributed by atoms with Gasteiger partial charge in [-0.15, -0.1) is 12.4 Å². The molecule has 11 heavy (non-hydrogen) atoms. The number of carbonyl (C=O) groups is 1. The van der Waals surface area contributed by atoms with Crippen molar-refractivity contribution in [3.63, 3.8) is 0 Å². The number of nitrogens with two attached hydrogens (primary N) is 1. The minimum Gasteiger partial charge on any atom is -0.480 e. The Kier molecular flexibility index (Phi) is 9.00. The Balaban J connectivity index is 0. The fraction of sp³-hybridized carbons (Fsp3) is 0.571. The Morgan fingerprint density at radius 2 is 2.18 bits per heavy atom. The third-order valence-corrected chi connectivity index (χ3v) is 1.11. The summed E-state index contributed by atoms with van der Waals surface area (Å²) in [7, 11) is 0. The van der Waals surface area contributed by atoms with Crippen molar-refractivity contribution in [1.82, 2.24) is 0 Å². The molecule has 0 rings (SSSR count). The van der Waals surface area contributed by atoms with Crippen molar-refractivity contribution >= 4 is 18.4 Å². The van der Waals surface area contributed by atoms with Gasteiger partial charge in [0.2, 0.25) is 0 Å². The van der Waals surface area contributed by atoms with Crippen LogP contribution in [0.4, 0.5) is 0 Å². The van der Waals surface area contributed by atoms with E-state index in [1.807, 2.05) is 13.0 Å². The van der Waals surface area contributed by atoms with Gasteiger partial charge in [-0.25, -0.2) is 0 Å². The van der Waals surface area contributed by atoms with Gasteiger partial charge in [0.05, 0.1) is 0 Å². The molecule has 0 saturated heterocycles. The molecule has 0 aromatic carbocycles. The second-order valence-electron chi connectivity index (χ2n) is 2.06. The predicted octanol–water partition coefficient (Wildman–Crippen LogP) is 1.18. The van der Waals surface area contributed by atoms with Gasteiger partial charge >= 0.3 is 5.97 Å². The molecule has 0 aromatic heterocycles. The van der Waals surface area contributed by atoms with E-state index in [4.69, 9.17) is 10.8 Å². The standard InChI is InChI=1S/C7H13NO2.ClH/c1-2-3-4-5-6(8)7(9)10;/h3-4,6H,2,5,8H2,1H3,(H,9,10);1H. The summed E-state index contributed by atoms with van der Waals surface area (Å²) in [5.41, 5.74) is 5.21. The smallest absolute Gasteiger partial charge is 0.320 e. The van der Waals surface area contributed by atoms with Gasteiger partial charge in [-0.1, -0.05) is 19.1 Å². The van der Waals surface area contributed by atoms with Crippen molar-refractivity contribution < 1.29 is 9.90 Å². The van der Waals surface area contributed by atoms with Crippen molar-refractivity contribution in [2.24, 2.45) is 5.73 Å². The molecule has 0 spiro atoms. The van der Waals surface area contributed by atoms with Gasteiger partial charge in [-0.3, -0.25) is 4.79 Å². The second kappa shape index (κ2) is 7.57. The normalized spacial score (nSPS) is 12.5. The molecular weight excluding hydrogens is 166 g/mol. The molecule has 0 aliphatic rings. The van der Waals surface area contributed by atoms with Gasteiger partial charge in [-0.05, 0) is 12.8 Å². The number of aliphatic carboxylic acids is 1. The molecule has 0 bridgehead atoms. The topological polar surface area (TPSA) is 63.3 Å². The number of halogens is 1. The second-order valence-corrected chi connectivity index (χ2v) is 2.06. The summed E-state index contributed by atoms with van der Waals surface area (Å²) in [5.74, 6) is -0.944. The number of hydrogen-bond acceptors (Lipinski definition) is 2. The van der Waals surface area contributed by atoms with Crippen LogP contribution in [0.1, 0.15) is 19.8 Å². The largest absolute Gasteiger partial charge is 0.480 e. The van der Waals surface area contributed by atoms with Gasteiger partial charge in [0.25, 0.3) is 0 Å². The van der Waals surface area contributed by atoms with Crippen molar-refractivity contribution in [2.45, 2.75) is 25.8 Å². The van der Waals surface area contributed by atoms with Crippen LogP contribution >= 0.6 is 12.4 Å². The van der Waals surface area contributed by atoms with Crippen LogP contribution in [0.3, 0.4) is 0 Å². The monoisotopic (exact) mass is 179 g/mol. The molecule has 0 saturated carbocycles. The van der Waals surface area contributed by atoms with E-state index in [-0.39, 0.29) is 12.4 Å². The zero-order valence-electron chi connectivity index (χ0n) is 6.49. The first-order chi connectivity index (χ1) is 4.68. The maximum absolute atomic E-state index is 10.1. The highest BCUT2D eigenvalue weighted by Gasteiger charge is 2.07. The average molecular weight is 180 g/mol. The van der Waals surface area contributed by atoms with Crippen molar-refractivity contribution in [3.05, 3.63) is 12.2 Å². The highest BCUT2D eigenvalue weighted by atomic mass is 35.5. The summed E-state index contributed by atoms with van der Waals surface area (Å²) in [5, 5.41) is 8.32. The molecule has 3 N–H and O–H groups in total. The first-order valence-corrected chi connectivity index (χ1v) is 3.31. The first kappa shape index (κ1) is 13.1. The summed E-state index contributed by atoms with van der Waals surface area (Å²) in [6.45, 7) is 1.99. The van der Waals surface area contributed by atoms with Gasteiger partial charge in [0.1, 0.15) is 6.04 Å².